The summed E-state index contributed by atoms with van der Waals surface area (Å²) in [6, 6.07) is 85.0. The summed E-state index contributed by atoms with van der Waals surface area (Å²) in [6.45, 7) is 2.74. The number of aromatic nitrogens is 2. The van der Waals surface area contributed by atoms with Gasteiger partial charge in [0.1, 0.15) is 11.2 Å². The van der Waals surface area contributed by atoms with Gasteiger partial charge in [0.2, 0.25) is 0 Å². The number of fused-ring (bicyclic) bond motifs is 11. The van der Waals surface area contributed by atoms with Gasteiger partial charge in [-0.1, -0.05) is 146 Å². The molecule has 5 nitrogen and oxygen atoms in total. The summed E-state index contributed by atoms with van der Waals surface area (Å²) in [5, 5.41) is 6.80. The lowest BCUT2D eigenvalue weighted by atomic mass is 10.0. The van der Waals surface area contributed by atoms with E-state index in [2.05, 4.69) is 280 Å². The maximum Gasteiger partial charge on any atom is 0.145 e. The summed E-state index contributed by atoms with van der Waals surface area (Å²) in [5.41, 5.74) is 16.2. The highest BCUT2D eigenvalue weighted by Gasteiger charge is 2.23. The van der Waals surface area contributed by atoms with Crippen molar-refractivity contribution in [1.82, 2.24) is 9.13 Å². The van der Waals surface area contributed by atoms with Gasteiger partial charge in [-0.3, -0.25) is 0 Å². The molecule has 5 heteroatoms. The van der Waals surface area contributed by atoms with Crippen molar-refractivity contribution in [1.29, 1.82) is 0 Å². The molecule has 0 aliphatic heterocycles. The molecular formula is C66H48N4O. The predicted molar refractivity (Wildman–Crippen MR) is 300 cm³/mol. The van der Waals surface area contributed by atoms with Crippen molar-refractivity contribution >= 4 is 94.0 Å². The van der Waals surface area contributed by atoms with Crippen molar-refractivity contribution in [3.63, 3.8) is 0 Å². The number of para-hydroxylation sites is 6. The number of furan rings is 1. The van der Waals surface area contributed by atoms with Gasteiger partial charge in [-0.05, 0) is 133 Å². The summed E-state index contributed by atoms with van der Waals surface area (Å²) in [6.07, 6.45) is 8.49. The minimum absolute atomic E-state index is 0.695. The van der Waals surface area contributed by atoms with Crippen molar-refractivity contribution in [2.24, 2.45) is 0 Å². The van der Waals surface area contributed by atoms with Gasteiger partial charge in [0.25, 0.3) is 0 Å². The van der Waals surface area contributed by atoms with Gasteiger partial charge in [0.15, 0.2) is 0 Å². The molecule has 0 radical (unpaired) electrons. The maximum absolute atomic E-state index is 7.22. The second-order valence-corrected chi connectivity index (χ2v) is 18.0. The fourth-order valence-electron chi connectivity index (χ4n) is 10.7. The van der Waals surface area contributed by atoms with Crippen molar-refractivity contribution < 1.29 is 4.42 Å². The van der Waals surface area contributed by atoms with E-state index in [-0.39, 0.29) is 0 Å². The third kappa shape index (κ3) is 7.17. The van der Waals surface area contributed by atoms with E-state index in [0.717, 1.165) is 111 Å². The van der Waals surface area contributed by atoms with E-state index in [0.29, 0.717) is 6.54 Å². The highest BCUT2D eigenvalue weighted by molar-refractivity contribution is 6.29. The summed E-state index contributed by atoms with van der Waals surface area (Å²) < 4.78 is 12.0. The molecule has 3 aromatic heterocycles. The Bertz CT molecular complexity index is 4090. The first-order valence-corrected chi connectivity index (χ1v) is 24.3. The molecule has 13 aromatic rings. The standard InChI is InChI=1S/C66H48N4O/c1-2-3-4-21-42-67(48-22-9-5-10-23-48)53-43-47(44-54(45-53)68(49-24-11-6-12-25-49)50-26-13-7-14-27-50)46-34-36-52(37-35-46)70-60-33-20-18-31-58(60)64-62(70)41-39-56-55-38-40-61-63(65(55)71-66(56)64)57-30-17-19-32-59(57)69(61)51-28-15-8-16-29-51/h2-41,43-45H,42H2,1H3/b3-2-,21-4-. The van der Waals surface area contributed by atoms with E-state index in [1.807, 2.05) is 6.92 Å². The first-order chi connectivity index (χ1) is 35.2. The average Bonchev–Trinajstić information content (AvgIpc) is 4.10. The third-order valence-electron chi connectivity index (χ3n) is 13.8. The molecule has 0 amide bonds. The Kier molecular flexibility index (Phi) is 10.4. The third-order valence-corrected chi connectivity index (χ3v) is 13.8. The number of nitrogens with zero attached hydrogens (tertiary/aromatic N) is 4. The van der Waals surface area contributed by atoms with Gasteiger partial charge in [-0.25, -0.2) is 0 Å². The van der Waals surface area contributed by atoms with E-state index in [4.69, 9.17) is 4.42 Å². The smallest absolute Gasteiger partial charge is 0.145 e. The van der Waals surface area contributed by atoms with Gasteiger partial charge in [-0.15, -0.1) is 0 Å². The van der Waals surface area contributed by atoms with Gasteiger partial charge < -0.3 is 23.4 Å². The molecule has 0 unspecified atom stereocenters. The second-order valence-electron chi connectivity index (χ2n) is 18.0. The number of benzene rings is 10. The van der Waals surface area contributed by atoms with E-state index >= 15 is 0 Å². The summed E-state index contributed by atoms with van der Waals surface area (Å²) in [7, 11) is 0. The zero-order chi connectivity index (χ0) is 47.3. The SMILES string of the molecule is C/C=C\C=C/CN(c1ccccc1)c1cc(-c2ccc(-n3c4ccccc4c4c5oc6c(ccc7c6c6ccccc6n7-c6ccccc6)c5ccc43)cc2)cc(N(c2ccccc2)c2ccccc2)c1. The monoisotopic (exact) mass is 912 g/mol. The number of rotatable bonds is 11. The molecule has 3 heterocycles. The fraction of sp³-hybridized carbons (Fsp3) is 0.0303. The maximum atomic E-state index is 7.22. The molecule has 0 fully saturated rings. The lowest BCUT2D eigenvalue weighted by Gasteiger charge is -2.29. The van der Waals surface area contributed by atoms with Gasteiger partial charge >= 0.3 is 0 Å². The fourth-order valence-corrected chi connectivity index (χ4v) is 10.7. The number of hydrogen-bond donors (Lipinski definition) is 0. The molecule has 0 atom stereocenters. The molecule has 0 aliphatic rings. The van der Waals surface area contributed by atoms with Crippen molar-refractivity contribution in [2.75, 3.05) is 16.3 Å². The number of anilines is 5. The van der Waals surface area contributed by atoms with Crippen molar-refractivity contribution in [3.05, 3.63) is 261 Å². The first-order valence-electron chi connectivity index (χ1n) is 24.3. The minimum Gasteiger partial charge on any atom is -0.455 e. The lowest BCUT2D eigenvalue weighted by Crippen LogP contribution is -2.18. The molecule has 0 saturated carbocycles. The number of allylic oxidation sites excluding steroid dienone is 3. The largest absolute Gasteiger partial charge is 0.455 e. The van der Waals surface area contributed by atoms with Crippen LogP contribution in [0.4, 0.5) is 28.4 Å². The van der Waals surface area contributed by atoms with E-state index in [1.165, 1.54) is 5.39 Å². The Morgan fingerprint density at radius 3 is 1.41 bits per heavy atom. The Morgan fingerprint density at radius 2 is 0.859 bits per heavy atom. The molecule has 0 aliphatic carbocycles. The molecule has 0 spiro atoms. The summed E-state index contributed by atoms with van der Waals surface area (Å²) >= 11 is 0. The molecule has 0 saturated heterocycles. The predicted octanol–water partition coefficient (Wildman–Crippen LogP) is 18.2. The van der Waals surface area contributed by atoms with Crippen LogP contribution in [0.2, 0.25) is 0 Å². The van der Waals surface area contributed by atoms with Crippen LogP contribution in [-0.4, -0.2) is 15.7 Å². The van der Waals surface area contributed by atoms with Crippen LogP contribution in [-0.2, 0) is 0 Å². The molecule has 0 bridgehead atoms. The molecule has 10 aromatic carbocycles. The summed E-state index contributed by atoms with van der Waals surface area (Å²) in [5.74, 6) is 0. The van der Waals surface area contributed by atoms with Gasteiger partial charge in [0, 0.05) is 67.9 Å². The van der Waals surface area contributed by atoms with Crippen LogP contribution >= 0.6 is 0 Å². The first kappa shape index (κ1) is 41.8. The van der Waals surface area contributed by atoms with E-state index in [9.17, 15) is 0 Å². The van der Waals surface area contributed by atoms with Gasteiger partial charge in [-0.2, -0.15) is 0 Å². The quantitative estimate of drug-likeness (QED) is 0.121. The Labute approximate surface area is 412 Å². The van der Waals surface area contributed by atoms with Crippen LogP contribution in [0.1, 0.15) is 6.92 Å². The summed E-state index contributed by atoms with van der Waals surface area (Å²) in [4.78, 5) is 4.74. The Hall–Kier alpha value is -9.32. The Morgan fingerprint density at radius 1 is 0.380 bits per heavy atom. The number of hydrogen-bond acceptors (Lipinski definition) is 3. The van der Waals surface area contributed by atoms with Crippen LogP contribution in [0, 0.1) is 0 Å². The zero-order valence-electron chi connectivity index (χ0n) is 39.2. The molecule has 338 valence electrons. The van der Waals surface area contributed by atoms with Crippen LogP contribution in [0.3, 0.4) is 0 Å². The van der Waals surface area contributed by atoms with E-state index in [1.54, 1.807) is 0 Å². The van der Waals surface area contributed by atoms with Crippen LogP contribution in [0.25, 0.3) is 88.1 Å². The average molecular weight is 913 g/mol. The van der Waals surface area contributed by atoms with Gasteiger partial charge in [0.05, 0.1) is 32.8 Å². The molecule has 13 rings (SSSR count). The molecule has 0 N–H and O–H groups in total. The molecular weight excluding hydrogens is 865 g/mol. The minimum atomic E-state index is 0.695. The molecule has 71 heavy (non-hydrogen) atoms. The second kappa shape index (κ2) is 17.6. The van der Waals surface area contributed by atoms with Crippen LogP contribution in [0.15, 0.2) is 265 Å². The van der Waals surface area contributed by atoms with Crippen molar-refractivity contribution in [2.45, 2.75) is 6.92 Å². The lowest BCUT2D eigenvalue weighted by molar-refractivity contribution is 0.677. The topological polar surface area (TPSA) is 29.5 Å². The van der Waals surface area contributed by atoms with E-state index < -0.39 is 0 Å². The van der Waals surface area contributed by atoms with Crippen molar-refractivity contribution in [3.8, 4) is 22.5 Å². The highest BCUT2D eigenvalue weighted by Crippen LogP contribution is 2.46. The van der Waals surface area contributed by atoms with Crippen LogP contribution in [0.5, 0.6) is 0 Å². The highest BCUT2D eigenvalue weighted by atomic mass is 16.3. The normalized spacial score (nSPS) is 12.0. The van der Waals surface area contributed by atoms with Crippen LogP contribution < -0.4 is 9.80 Å². The zero-order valence-corrected chi connectivity index (χ0v) is 39.2. The Balaban J connectivity index is 0.973.